The zero-order valence-electron chi connectivity index (χ0n) is 16.9. The molecule has 0 bridgehead atoms. The summed E-state index contributed by atoms with van der Waals surface area (Å²) in [7, 11) is -3.93. The Hall–Kier alpha value is -3.38. The van der Waals surface area contributed by atoms with Gasteiger partial charge in [0, 0.05) is 6.92 Å². The largest absolute Gasteiger partial charge is 0.312 e. The van der Waals surface area contributed by atoms with Gasteiger partial charge in [0.2, 0.25) is 5.91 Å². The van der Waals surface area contributed by atoms with Gasteiger partial charge in [-0.3, -0.25) is 4.79 Å². The Kier molecular flexibility index (Phi) is 6.69. The minimum atomic E-state index is -3.93. The molecule has 0 saturated carbocycles. The molecule has 3 rings (SSSR count). The third-order valence-electron chi connectivity index (χ3n) is 4.45. The number of carbonyl (C=O) groups excluding carboxylic acids is 1. The molecule has 1 amide bonds. The molecule has 0 aliphatic rings. The summed E-state index contributed by atoms with van der Waals surface area (Å²) in [5.41, 5.74) is 2.54. The summed E-state index contributed by atoms with van der Waals surface area (Å²) in [5, 5.41) is 2.70. The molecule has 30 heavy (non-hydrogen) atoms. The molecule has 0 spiro atoms. The van der Waals surface area contributed by atoms with E-state index in [4.69, 9.17) is 0 Å². The molecule has 0 unspecified atom stereocenters. The predicted octanol–water partition coefficient (Wildman–Crippen LogP) is 4.32. The fourth-order valence-corrected chi connectivity index (χ4v) is 4.36. The molecule has 3 aromatic carbocycles. The lowest BCUT2D eigenvalue weighted by atomic mass is 10.2. The van der Waals surface area contributed by atoms with Crippen LogP contribution in [-0.4, -0.2) is 18.6 Å². The lowest BCUT2D eigenvalue weighted by Gasteiger charge is -2.27. The molecule has 0 aliphatic heterocycles. The molecule has 0 atom stereocenters. The summed E-state index contributed by atoms with van der Waals surface area (Å²) >= 11 is 0. The number of rotatable bonds is 7. The number of amides is 1. The molecule has 154 valence electrons. The number of benzene rings is 3. The maximum atomic E-state index is 13.6. The van der Waals surface area contributed by atoms with Crippen LogP contribution in [0.2, 0.25) is 0 Å². The number of sulfonamides is 1. The predicted molar refractivity (Wildman–Crippen MR) is 119 cm³/mol. The van der Waals surface area contributed by atoms with Crippen molar-refractivity contribution in [3.8, 4) is 0 Å². The summed E-state index contributed by atoms with van der Waals surface area (Å²) in [5.74, 6) is -0.160. The van der Waals surface area contributed by atoms with Crippen LogP contribution in [0.25, 0.3) is 6.08 Å². The van der Waals surface area contributed by atoms with E-state index in [1.54, 1.807) is 30.3 Å². The van der Waals surface area contributed by atoms with Crippen LogP contribution in [0.3, 0.4) is 0 Å². The van der Waals surface area contributed by atoms with Crippen LogP contribution in [0, 0.1) is 6.92 Å². The number of nitrogens with one attached hydrogen (secondary N) is 1. The lowest BCUT2D eigenvalue weighted by molar-refractivity contribution is -0.118. The van der Waals surface area contributed by atoms with Gasteiger partial charge >= 0.3 is 0 Å². The van der Waals surface area contributed by atoms with Crippen molar-refractivity contribution in [2.24, 2.45) is 0 Å². The number of hydrogen-bond acceptors (Lipinski definition) is 3. The fraction of sp³-hybridized carbons (Fsp3) is 0.125. The number of nitrogens with zero attached hydrogens (tertiary/aromatic N) is 1. The van der Waals surface area contributed by atoms with Crippen molar-refractivity contribution in [1.82, 2.24) is 9.62 Å². The molecule has 1 N–H and O–H groups in total. The lowest BCUT2D eigenvalue weighted by Crippen LogP contribution is -2.38. The van der Waals surface area contributed by atoms with E-state index in [-0.39, 0.29) is 23.2 Å². The third kappa shape index (κ3) is 5.36. The first-order chi connectivity index (χ1) is 14.4. The highest BCUT2D eigenvalue weighted by molar-refractivity contribution is 7.89. The topological polar surface area (TPSA) is 66.5 Å². The quantitative estimate of drug-likeness (QED) is 0.619. The zero-order chi connectivity index (χ0) is 21.6. The second-order valence-electron chi connectivity index (χ2n) is 6.93. The Labute approximate surface area is 177 Å². The second-order valence-corrected chi connectivity index (χ2v) is 8.79. The van der Waals surface area contributed by atoms with Crippen LogP contribution in [0.5, 0.6) is 0 Å². The van der Waals surface area contributed by atoms with E-state index in [9.17, 15) is 13.2 Å². The summed E-state index contributed by atoms with van der Waals surface area (Å²) < 4.78 is 28.4. The molecule has 0 aliphatic carbocycles. The van der Waals surface area contributed by atoms with Crippen molar-refractivity contribution in [2.45, 2.75) is 25.3 Å². The molecule has 6 heteroatoms. The van der Waals surface area contributed by atoms with Gasteiger partial charge in [0.1, 0.15) is 5.82 Å². The van der Waals surface area contributed by atoms with Crippen LogP contribution < -0.4 is 5.32 Å². The van der Waals surface area contributed by atoms with E-state index in [0.29, 0.717) is 0 Å². The van der Waals surface area contributed by atoms with Crippen LogP contribution in [-0.2, 0) is 21.4 Å². The van der Waals surface area contributed by atoms with Gasteiger partial charge in [-0.15, -0.1) is 0 Å². The Morgan fingerprint density at radius 3 is 2.03 bits per heavy atom. The second kappa shape index (κ2) is 9.41. The Morgan fingerprint density at radius 1 is 0.900 bits per heavy atom. The molecule has 0 saturated heterocycles. The highest BCUT2D eigenvalue weighted by Gasteiger charge is 2.27. The van der Waals surface area contributed by atoms with Crippen molar-refractivity contribution in [3.63, 3.8) is 0 Å². The van der Waals surface area contributed by atoms with Crippen LogP contribution in [0.4, 0.5) is 0 Å². The molecular weight excluding hydrogens is 396 g/mol. The molecule has 3 aromatic rings. The molecular formula is C24H24N2O3S. The Bertz CT molecular complexity index is 1120. The average Bonchev–Trinajstić information content (AvgIpc) is 2.73. The molecule has 0 heterocycles. The summed E-state index contributed by atoms with van der Waals surface area (Å²) in [6.45, 7) is 3.34. The Morgan fingerprint density at radius 2 is 1.47 bits per heavy atom. The van der Waals surface area contributed by atoms with E-state index in [1.165, 1.54) is 11.2 Å². The standard InChI is InChI=1S/C24H24N2O3S/c1-19-13-15-23(16-14-19)30(28,29)26(18-22-11-7-4-8-12-22)24(25-20(2)27)17-21-9-5-3-6-10-21/h3-17H,18H2,1-2H3,(H,25,27)/b24-17-. The van der Waals surface area contributed by atoms with Crippen LogP contribution >= 0.6 is 0 Å². The number of aryl methyl sites for hydroxylation is 1. The fourth-order valence-electron chi connectivity index (χ4n) is 2.94. The maximum Gasteiger partial charge on any atom is 0.265 e. The summed E-state index contributed by atoms with van der Waals surface area (Å²) in [4.78, 5) is 12.1. The van der Waals surface area contributed by atoms with Crippen molar-refractivity contribution < 1.29 is 13.2 Å². The van der Waals surface area contributed by atoms with Gasteiger partial charge in [-0.25, -0.2) is 12.7 Å². The maximum absolute atomic E-state index is 13.6. The van der Waals surface area contributed by atoms with Crippen molar-refractivity contribution >= 4 is 22.0 Å². The Balaban J connectivity index is 2.13. The highest BCUT2D eigenvalue weighted by Crippen LogP contribution is 2.24. The first-order valence-corrected chi connectivity index (χ1v) is 11.0. The van der Waals surface area contributed by atoms with E-state index in [1.807, 2.05) is 67.6 Å². The van der Waals surface area contributed by atoms with E-state index < -0.39 is 10.0 Å². The normalized spacial score (nSPS) is 11.7. The van der Waals surface area contributed by atoms with Gasteiger partial charge in [-0.1, -0.05) is 78.4 Å². The van der Waals surface area contributed by atoms with E-state index in [2.05, 4.69) is 5.32 Å². The first kappa shape index (κ1) is 21.3. The van der Waals surface area contributed by atoms with Crippen molar-refractivity contribution in [1.29, 1.82) is 0 Å². The van der Waals surface area contributed by atoms with Crippen molar-refractivity contribution in [3.05, 3.63) is 107 Å². The van der Waals surface area contributed by atoms with Gasteiger partial charge in [-0.2, -0.15) is 0 Å². The minimum Gasteiger partial charge on any atom is -0.312 e. The third-order valence-corrected chi connectivity index (χ3v) is 6.23. The van der Waals surface area contributed by atoms with Crippen LogP contribution in [0.15, 0.2) is 95.6 Å². The summed E-state index contributed by atoms with van der Waals surface area (Å²) in [6.07, 6.45) is 1.66. The molecule has 0 fully saturated rings. The van der Waals surface area contributed by atoms with Gasteiger partial charge in [0.05, 0.1) is 11.4 Å². The minimum absolute atomic E-state index is 0.0794. The van der Waals surface area contributed by atoms with Crippen LogP contribution in [0.1, 0.15) is 23.6 Å². The molecule has 0 radical (unpaired) electrons. The SMILES string of the molecule is CC(=O)N/C(=C/c1ccccc1)N(Cc1ccccc1)S(=O)(=O)c1ccc(C)cc1. The molecule has 5 nitrogen and oxygen atoms in total. The smallest absolute Gasteiger partial charge is 0.265 e. The molecule has 0 aromatic heterocycles. The number of hydrogen-bond donors (Lipinski definition) is 1. The first-order valence-electron chi connectivity index (χ1n) is 9.54. The van der Waals surface area contributed by atoms with Crippen molar-refractivity contribution in [2.75, 3.05) is 0 Å². The van der Waals surface area contributed by atoms with E-state index in [0.717, 1.165) is 16.7 Å². The van der Waals surface area contributed by atoms with E-state index >= 15 is 0 Å². The average molecular weight is 421 g/mol. The zero-order valence-corrected chi connectivity index (χ0v) is 17.8. The highest BCUT2D eigenvalue weighted by atomic mass is 32.2. The summed E-state index contributed by atoms with van der Waals surface area (Å²) in [6, 6.07) is 25.2. The van der Waals surface area contributed by atoms with Gasteiger partial charge < -0.3 is 5.32 Å². The van der Waals surface area contributed by atoms with Gasteiger partial charge in [0.15, 0.2) is 0 Å². The van der Waals surface area contributed by atoms with Gasteiger partial charge in [0.25, 0.3) is 10.0 Å². The monoisotopic (exact) mass is 420 g/mol. The van der Waals surface area contributed by atoms with Gasteiger partial charge in [-0.05, 0) is 36.3 Å². The number of carbonyl (C=O) groups is 1.